The molecule has 1 unspecified atom stereocenters. The predicted molar refractivity (Wildman–Crippen MR) is 73.6 cm³/mol. The summed E-state index contributed by atoms with van der Waals surface area (Å²) in [5, 5.41) is 6.05. The van der Waals surface area contributed by atoms with Gasteiger partial charge in [0.15, 0.2) is 0 Å². The minimum Gasteiger partial charge on any atom is -0.351 e. The lowest BCUT2D eigenvalue weighted by Crippen LogP contribution is -2.45. The van der Waals surface area contributed by atoms with Crippen LogP contribution in [-0.4, -0.2) is 25.5 Å². The average Bonchev–Trinajstić information content (AvgIpc) is 2.41. The van der Waals surface area contributed by atoms with E-state index in [1.165, 1.54) is 13.0 Å². The van der Waals surface area contributed by atoms with Crippen molar-refractivity contribution < 1.29 is 13.6 Å². The van der Waals surface area contributed by atoms with Gasteiger partial charge in [-0.25, -0.2) is 8.78 Å². The van der Waals surface area contributed by atoms with Gasteiger partial charge in [-0.3, -0.25) is 4.79 Å². The van der Waals surface area contributed by atoms with Crippen molar-refractivity contribution in [3.63, 3.8) is 0 Å². The van der Waals surface area contributed by atoms with E-state index in [0.29, 0.717) is 6.54 Å². The van der Waals surface area contributed by atoms with Crippen LogP contribution in [0, 0.1) is 24.0 Å². The van der Waals surface area contributed by atoms with Crippen LogP contribution >= 0.6 is 0 Å². The summed E-state index contributed by atoms with van der Waals surface area (Å²) in [5.74, 6) is -1.95. The Morgan fingerprint density at radius 2 is 2.15 bits per heavy atom. The Hall–Kier alpha value is -1.49. The number of hydrogen-bond donors (Lipinski definition) is 2. The summed E-state index contributed by atoms with van der Waals surface area (Å²) in [7, 11) is 0. The lowest BCUT2D eigenvalue weighted by Gasteiger charge is -2.34. The Morgan fingerprint density at radius 3 is 2.80 bits per heavy atom. The van der Waals surface area contributed by atoms with Crippen molar-refractivity contribution in [2.24, 2.45) is 5.41 Å². The van der Waals surface area contributed by atoms with Crippen LogP contribution in [0.25, 0.3) is 0 Å². The van der Waals surface area contributed by atoms with Gasteiger partial charge in [0.2, 0.25) is 0 Å². The van der Waals surface area contributed by atoms with E-state index in [9.17, 15) is 13.6 Å². The van der Waals surface area contributed by atoms with E-state index < -0.39 is 17.5 Å². The van der Waals surface area contributed by atoms with Gasteiger partial charge in [-0.15, -0.1) is 0 Å². The second-order valence-corrected chi connectivity index (χ2v) is 5.85. The minimum atomic E-state index is -0.822. The summed E-state index contributed by atoms with van der Waals surface area (Å²) in [6.45, 7) is 5.91. The molecule has 1 aliphatic heterocycles. The highest BCUT2D eigenvalue weighted by atomic mass is 19.1. The molecule has 0 aliphatic carbocycles. The van der Waals surface area contributed by atoms with Crippen molar-refractivity contribution in [1.82, 2.24) is 10.6 Å². The van der Waals surface area contributed by atoms with E-state index in [1.807, 2.05) is 0 Å². The first-order valence-corrected chi connectivity index (χ1v) is 6.86. The first kappa shape index (κ1) is 14.9. The molecule has 0 aromatic heterocycles. The molecule has 1 aromatic rings. The molecule has 110 valence electrons. The van der Waals surface area contributed by atoms with Gasteiger partial charge in [0.05, 0.1) is 5.56 Å². The summed E-state index contributed by atoms with van der Waals surface area (Å²) >= 11 is 0. The van der Waals surface area contributed by atoms with Crippen molar-refractivity contribution >= 4 is 5.91 Å². The summed E-state index contributed by atoms with van der Waals surface area (Å²) in [6.07, 6.45) is 2.08. The number of aryl methyl sites for hydroxylation is 1. The van der Waals surface area contributed by atoms with Gasteiger partial charge in [0.1, 0.15) is 11.6 Å². The quantitative estimate of drug-likeness (QED) is 0.894. The van der Waals surface area contributed by atoms with E-state index in [-0.39, 0.29) is 16.5 Å². The standard InChI is InChI=1S/C15H20F2N2O/c1-10-6-11(13(17)7-12(10)16)14(20)19-9-15(2)4-3-5-18-8-15/h6-7,18H,3-5,8-9H2,1-2H3,(H,19,20). The highest BCUT2D eigenvalue weighted by Gasteiger charge is 2.27. The number of nitrogens with one attached hydrogen (secondary N) is 2. The van der Waals surface area contributed by atoms with Crippen molar-refractivity contribution in [3.8, 4) is 0 Å². The van der Waals surface area contributed by atoms with Crippen LogP contribution in [0.2, 0.25) is 0 Å². The van der Waals surface area contributed by atoms with Gasteiger partial charge in [-0.05, 0) is 43.4 Å². The van der Waals surface area contributed by atoms with Gasteiger partial charge < -0.3 is 10.6 Å². The monoisotopic (exact) mass is 282 g/mol. The third-order valence-electron chi connectivity index (χ3n) is 3.85. The van der Waals surface area contributed by atoms with Crippen molar-refractivity contribution in [3.05, 3.63) is 34.9 Å². The zero-order chi connectivity index (χ0) is 14.8. The average molecular weight is 282 g/mol. The third-order valence-corrected chi connectivity index (χ3v) is 3.85. The molecule has 0 radical (unpaired) electrons. The molecular weight excluding hydrogens is 262 g/mol. The van der Waals surface area contributed by atoms with Crippen LogP contribution in [0.1, 0.15) is 35.7 Å². The molecule has 1 amide bonds. The van der Waals surface area contributed by atoms with Crippen LogP contribution in [0.3, 0.4) is 0 Å². The highest BCUT2D eigenvalue weighted by Crippen LogP contribution is 2.24. The second kappa shape index (κ2) is 5.87. The summed E-state index contributed by atoms with van der Waals surface area (Å²) in [5.41, 5.74) is 0.151. The maximum atomic E-state index is 13.6. The molecule has 5 heteroatoms. The Labute approximate surface area is 117 Å². The van der Waals surface area contributed by atoms with Gasteiger partial charge in [0, 0.05) is 19.2 Å². The van der Waals surface area contributed by atoms with E-state index in [0.717, 1.165) is 32.0 Å². The maximum absolute atomic E-state index is 13.6. The number of amides is 1. The number of carbonyl (C=O) groups is 1. The Morgan fingerprint density at radius 1 is 1.40 bits per heavy atom. The van der Waals surface area contributed by atoms with Crippen molar-refractivity contribution in [2.75, 3.05) is 19.6 Å². The fourth-order valence-electron chi connectivity index (χ4n) is 2.49. The van der Waals surface area contributed by atoms with Crippen LogP contribution in [0.15, 0.2) is 12.1 Å². The SMILES string of the molecule is Cc1cc(C(=O)NCC2(C)CCCNC2)c(F)cc1F. The molecule has 1 saturated heterocycles. The fraction of sp³-hybridized carbons (Fsp3) is 0.533. The van der Waals surface area contributed by atoms with Gasteiger partial charge in [-0.2, -0.15) is 0 Å². The molecule has 1 heterocycles. The molecule has 3 nitrogen and oxygen atoms in total. The number of halogens is 2. The first-order valence-electron chi connectivity index (χ1n) is 6.86. The largest absolute Gasteiger partial charge is 0.351 e. The lowest BCUT2D eigenvalue weighted by atomic mass is 9.83. The molecule has 1 atom stereocenters. The van der Waals surface area contributed by atoms with Crippen molar-refractivity contribution in [1.29, 1.82) is 0 Å². The Balaban J connectivity index is 2.03. The molecule has 1 aromatic carbocycles. The van der Waals surface area contributed by atoms with Gasteiger partial charge >= 0.3 is 0 Å². The molecule has 0 bridgehead atoms. The van der Waals surface area contributed by atoms with Gasteiger partial charge in [0.25, 0.3) is 5.91 Å². The topological polar surface area (TPSA) is 41.1 Å². The highest BCUT2D eigenvalue weighted by molar-refractivity contribution is 5.94. The molecular formula is C15H20F2N2O. The number of piperidine rings is 1. The third kappa shape index (κ3) is 3.33. The molecule has 1 fully saturated rings. The van der Waals surface area contributed by atoms with Crippen LogP contribution in [0.5, 0.6) is 0 Å². The number of benzene rings is 1. The molecule has 0 spiro atoms. The Bertz CT molecular complexity index is 511. The summed E-state index contributed by atoms with van der Waals surface area (Å²) in [6, 6.07) is 2.01. The molecule has 0 saturated carbocycles. The Kier molecular flexibility index (Phi) is 4.38. The molecule has 2 rings (SSSR count). The smallest absolute Gasteiger partial charge is 0.254 e. The number of rotatable bonds is 3. The molecule has 1 aliphatic rings. The normalized spacial score (nSPS) is 22.6. The van der Waals surface area contributed by atoms with Crippen LogP contribution < -0.4 is 10.6 Å². The number of hydrogen-bond acceptors (Lipinski definition) is 2. The molecule has 20 heavy (non-hydrogen) atoms. The zero-order valence-corrected chi connectivity index (χ0v) is 11.9. The van der Waals surface area contributed by atoms with E-state index in [1.54, 1.807) is 0 Å². The fourth-order valence-corrected chi connectivity index (χ4v) is 2.49. The number of carbonyl (C=O) groups excluding carboxylic acids is 1. The van der Waals surface area contributed by atoms with E-state index in [4.69, 9.17) is 0 Å². The van der Waals surface area contributed by atoms with Crippen LogP contribution in [0.4, 0.5) is 8.78 Å². The van der Waals surface area contributed by atoms with Crippen molar-refractivity contribution in [2.45, 2.75) is 26.7 Å². The summed E-state index contributed by atoms with van der Waals surface area (Å²) < 4.78 is 26.8. The first-order chi connectivity index (χ1) is 9.41. The minimum absolute atomic E-state index is 0.0144. The zero-order valence-electron chi connectivity index (χ0n) is 11.9. The second-order valence-electron chi connectivity index (χ2n) is 5.85. The van der Waals surface area contributed by atoms with Gasteiger partial charge in [-0.1, -0.05) is 6.92 Å². The predicted octanol–water partition coefficient (Wildman–Crippen LogP) is 2.39. The van der Waals surface area contributed by atoms with Crippen LogP contribution in [-0.2, 0) is 0 Å². The molecule has 2 N–H and O–H groups in total. The maximum Gasteiger partial charge on any atom is 0.254 e. The van der Waals surface area contributed by atoms with E-state index in [2.05, 4.69) is 17.6 Å². The summed E-state index contributed by atoms with van der Waals surface area (Å²) in [4.78, 5) is 12.0. The van der Waals surface area contributed by atoms with E-state index >= 15 is 0 Å². The lowest BCUT2D eigenvalue weighted by molar-refractivity contribution is 0.0920.